The highest BCUT2D eigenvalue weighted by atomic mass is 32.1. The maximum atomic E-state index is 13.7. The number of carbonyl (C=O) groups excluding carboxylic acids is 2. The molecule has 0 saturated heterocycles. The minimum atomic E-state index is -0.841. The Balaban J connectivity index is 1.52. The summed E-state index contributed by atoms with van der Waals surface area (Å²) in [5.41, 5.74) is 4.13. The second-order valence-corrected chi connectivity index (χ2v) is 9.66. The average molecular weight is 481 g/mol. The first-order valence-electron chi connectivity index (χ1n) is 11.1. The van der Waals surface area contributed by atoms with Gasteiger partial charge in [-0.1, -0.05) is 65.9 Å². The van der Waals surface area contributed by atoms with Crippen LogP contribution in [0.2, 0.25) is 0 Å². The van der Waals surface area contributed by atoms with Crippen LogP contribution in [0.4, 0.5) is 5.13 Å². The summed E-state index contributed by atoms with van der Waals surface area (Å²) in [5.74, 6) is -1.71. The molecule has 6 rings (SSSR count). The van der Waals surface area contributed by atoms with E-state index in [-0.39, 0.29) is 11.3 Å². The molecule has 3 aromatic carbocycles. The molecule has 7 heteroatoms. The number of hydrogen-bond donors (Lipinski definition) is 1. The number of aromatic nitrogens is 1. The van der Waals surface area contributed by atoms with Crippen molar-refractivity contribution in [2.24, 2.45) is 0 Å². The van der Waals surface area contributed by atoms with Crippen LogP contribution >= 0.6 is 11.3 Å². The van der Waals surface area contributed by atoms with Gasteiger partial charge < -0.3 is 9.52 Å². The Morgan fingerprint density at radius 2 is 1.77 bits per heavy atom. The molecular weight excluding hydrogens is 460 g/mol. The summed E-state index contributed by atoms with van der Waals surface area (Å²) in [6.45, 7) is 3.99. The van der Waals surface area contributed by atoms with Crippen LogP contribution in [-0.2, 0) is 4.79 Å². The van der Waals surface area contributed by atoms with Crippen molar-refractivity contribution < 1.29 is 19.1 Å². The molecule has 1 atom stereocenters. The molecule has 0 aliphatic carbocycles. The number of aliphatic hydroxyl groups is 1. The minimum Gasteiger partial charge on any atom is -0.503 e. The molecule has 0 spiro atoms. The highest BCUT2D eigenvalue weighted by Gasteiger charge is 2.46. The van der Waals surface area contributed by atoms with Crippen LogP contribution in [0.5, 0.6) is 0 Å². The zero-order valence-electron chi connectivity index (χ0n) is 19.0. The van der Waals surface area contributed by atoms with E-state index < -0.39 is 23.5 Å². The Hall–Kier alpha value is -4.23. The number of rotatable bonds is 4. The molecule has 0 radical (unpaired) electrons. The van der Waals surface area contributed by atoms with Crippen molar-refractivity contribution in [3.05, 3.63) is 107 Å². The third-order valence-electron chi connectivity index (χ3n) is 6.24. The summed E-state index contributed by atoms with van der Waals surface area (Å²) in [4.78, 5) is 33.3. The summed E-state index contributed by atoms with van der Waals surface area (Å²) in [7, 11) is 0. The van der Waals surface area contributed by atoms with E-state index in [2.05, 4.69) is 0 Å². The molecule has 1 aliphatic rings. The van der Waals surface area contributed by atoms with E-state index in [4.69, 9.17) is 9.40 Å². The predicted octanol–water partition coefficient (Wildman–Crippen LogP) is 6.44. The molecule has 6 nitrogen and oxygen atoms in total. The average Bonchev–Trinajstić information content (AvgIpc) is 3.54. The van der Waals surface area contributed by atoms with Crippen molar-refractivity contribution in [2.45, 2.75) is 19.9 Å². The Labute approximate surface area is 204 Å². The van der Waals surface area contributed by atoms with Gasteiger partial charge in [-0.05, 0) is 48.7 Å². The fourth-order valence-electron chi connectivity index (χ4n) is 4.67. The van der Waals surface area contributed by atoms with E-state index in [0.29, 0.717) is 16.3 Å². The Morgan fingerprint density at radius 1 is 1.03 bits per heavy atom. The first-order chi connectivity index (χ1) is 16.9. The fraction of sp³-hybridized carbons (Fsp3) is 0.107. The third-order valence-corrected chi connectivity index (χ3v) is 7.24. The number of fused-ring (bicyclic) bond motifs is 2. The molecule has 3 heterocycles. The summed E-state index contributed by atoms with van der Waals surface area (Å²) in [5, 5.41) is 12.2. The first-order valence-corrected chi connectivity index (χ1v) is 12.0. The van der Waals surface area contributed by atoms with Crippen molar-refractivity contribution in [1.29, 1.82) is 0 Å². The van der Waals surface area contributed by atoms with E-state index in [1.165, 1.54) is 16.2 Å². The van der Waals surface area contributed by atoms with Gasteiger partial charge in [-0.15, -0.1) is 0 Å². The van der Waals surface area contributed by atoms with Crippen molar-refractivity contribution in [2.75, 3.05) is 4.90 Å². The lowest BCUT2D eigenvalue weighted by Gasteiger charge is -2.24. The van der Waals surface area contributed by atoms with Crippen molar-refractivity contribution >= 4 is 49.3 Å². The van der Waals surface area contributed by atoms with Crippen LogP contribution < -0.4 is 4.90 Å². The topological polar surface area (TPSA) is 83.6 Å². The van der Waals surface area contributed by atoms with Crippen molar-refractivity contribution in [1.82, 2.24) is 4.98 Å². The van der Waals surface area contributed by atoms with E-state index in [1.54, 1.807) is 12.1 Å². The maximum Gasteiger partial charge on any atom is 0.296 e. The van der Waals surface area contributed by atoms with E-state index in [1.807, 2.05) is 74.5 Å². The van der Waals surface area contributed by atoms with Crippen LogP contribution in [0, 0.1) is 13.8 Å². The highest BCUT2D eigenvalue weighted by molar-refractivity contribution is 7.22. The minimum absolute atomic E-state index is 0.0209. The van der Waals surface area contributed by atoms with Crippen LogP contribution in [0.15, 0.2) is 88.5 Å². The van der Waals surface area contributed by atoms with E-state index in [9.17, 15) is 14.7 Å². The summed E-state index contributed by atoms with van der Waals surface area (Å²) in [6.07, 6.45) is 0. The lowest BCUT2D eigenvalue weighted by atomic mass is 9.95. The van der Waals surface area contributed by atoms with Crippen LogP contribution in [0.3, 0.4) is 0 Å². The summed E-state index contributed by atoms with van der Waals surface area (Å²) < 4.78 is 6.73. The number of ketones is 1. The quantitative estimate of drug-likeness (QED) is 0.299. The molecule has 172 valence electrons. The number of aliphatic hydroxyl groups excluding tert-OH is 1. The Morgan fingerprint density at radius 3 is 2.54 bits per heavy atom. The van der Waals surface area contributed by atoms with Gasteiger partial charge in [0.15, 0.2) is 16.7 Å². The van der Waals surface area contributed by atoms with E-state index in [0.717, 1.165) is 26.7 Å². The monoisotopic (exact) mass is 480 g/mol. The number of carbonyl (C=O) groups is 2. The molecule has 0 unspecified atom stereocenters. The molecule has 1 aliphatic heterocycles. The molecule has 2 aromatic heterocycles. The number of benzene rings is 3. The number of aryl methyl sites for hydroxylation is 2. The predicted molar refractivity (Wildman–Crippen MR) is 136 cm³/mol. The van der Waals surface area contributed by atoms with Gasteiger partial charge in [0.2, 0.25) is 5.78 Å². The molecule has 5 aromatic rings. The number of Topliss-reactive ketones (excluding diaryl/α,β-unsaturated/α-hetero) is 1. The van der Waals surface area contributed by atoms with Crippen molar-refractivity contribution in [3.8, 4) is 0 Å². The van der Waals surface area contributed by atoms with Crippen LogP contribution in [-0.4, -0.2) is 21.8 Å². The number of furan rings is 1. The van der Waals surface area contributed by atoms with Gasteiger partial charge in [-0.2, -0.15) is 0 Å². The number of para-hydroxylation sites is 1. The van der Waals surface area contributed by atoms with Gasteiger partial charge in [0, 0.05) is 5.39 Å². The summed E-state index contributed by atoms with van der Waals surface area (Å²) >= 11 is 1.36. The van der Waals surface area contributed by atoms with Crippen LogP contribution in [0.25, 0.3) is 21.2 Å². The molecule has 1 N–H and O–H groups in total. The number of thiazole rings is 1. The van der Waals surface area contributed by atoms with Crippen molar-refractivity contribution in [3.63, 3.8) is 0 Å². The zero-order valence-corrected chi connectivity index (χ0v) is 19.8. The molecule has 0 saturated carbocycles. The van der Waals surface area contributed by atoms with Gasteiger partial charge in [-0.25, -0.2) is 4.98 Å². The van der Waals surface area contributed by atoms with Gasteiger partial charge in [0.25, 0.3) is 5.91 Å². The van der Waals surface area contributed by atoms with Gasteiger partial charge in [0.05, 0.1) is 21.8 Å². The third kappa shape index (κ3) is 3.35. The van der Waals surface area contributed by atoms with Gasteiger partial charge in [0.1, 0.15) is 5.58 Å². The highest BCUT2D eigenvalue weighted by Crippen LogP contribution is 2.44. The number of amides is 1. The molecular formula is C28H20N2O4S. The first kappa shape index (κ1) is 21.3. The lowest BCUT2D eigenvalue weighted by molar-refractivity contribution is -0.117. The Bertz CT molecular complexity index is 1650. The SMILES string of the molecule is Cc1cc(C)c2nc(N3C(=O)C(O)=C(C(=O)c4cc5ccccc5o4)[C@H]3c3ccccc3)sc2c1. The zero-order chi connectivity index (χ0) is 24.3. The van der Waals surface area contributed by atoms with Gasteiger partial charge >= 0.3 is 0 Å². The normalized spacial score (nSPS) is 16.1. The van der Waals surface area contributed by atoms with E-state index >= 15 is 0 Å². The largest absolute Gasteiger partial charge is 0.503 e. The maximum absolute atomic E-state index is 13.7. The Kier molecular flexibility index (Phi) is 4.82. The number of hydrogen-bond acceptors (Lipinski definition) is 6. The number of nitrogens with zero attached hydrogens (tertiary/aromatic N) is 2. The smallest absolute Gasteiger partial charge is 0.296 e. The molecule has 0 bridgehead atoms. The second-order valence-electron chi connectivity index (χ2n) is 8.65. The fourth-order valence-corrected chi connectivity index (χ4v) is 5.84. The standard InChI is InChI=1S/C28H20N2O4S/c1-15-12-16(2)23-21(13-15)35-28(29-23)30-24(17-8-4-3-5-9-17)22(26(32)27(30)33)25(31)20-14-18-10-6-7-11-19(18)34-20/h3-14,24,32H,1-2H3/t24-/m1/s1. The molecule has 0 fully saturated rings. The van der Waals surface area contributed by atoms with Crippen LogP contribution in [0.1, 0.15) is 33.3 Å². The second kappa shape index (κ2) is 7.92. The molecule has 1 amide bonds. The lowest BCUT2D eigenvalue weighted by Crippen LogP contribution is -2.30. The summed E-state index contributed by atoms with van der Waals surface area (Å²) in [6, 6.07) is 21.3. The van der Waals surface area contributed by atoms with Gasteiger partial charge in [-0.3, -0.25) is 14.5 Å². The molecule has 35 heavy (non-hydrogen) atoms. The number of anilines is 1.